The van der Waals surface area contributed by atoms with Crippen molar-refractivity contribution in [1.29, 1.82) is 0 Å². The molecule has 0 bridgehead atoms. The van der Waals surface area contributed by atoms with Crippen LogP contribution in [0.3, 0.4) is 0 Å². The van der Waals surface area contributed by atoms with Gasteiger partial charge in [-0.05, 0) is 53.9 Å². The van der Waals surface area contributed by atoms with E-state index in [4.69, 9.17) is 0 Å². The van der Waals surface area contributed by atoms with Crippen LogP contribution in [0.25, 0.3) is 0 Å². The molecule has 1 heterocycles. The average molecular weight is 345 g/mol. The first-order valence-electron chi connectivity index (χ1n) is 6.83. The van der Waals surface area contributed by atoms with Crippen LogP contribution in [0.1, 0.15) is 43.1 Å². The monoisotopic (exact) mass is 344 g/mol. The summed E-state index contributed by atoms with van der Waals surface area (Å²) >= 11 is 5.36. The zero-order chi connectivity index (χ0) is 13.8. The number of hydrogen-bond donors (Lipinski definition) is 1. The highest BCUT2D eigenvalue weighted by Crippen LogP contribution is 2.28. The predicted molar refractivity (Wildman–Crippen MR) is 84.8 cm³/mol. The van der Waals surface area contributed by atoms with E-state index >= 15 is 0 Å². The highest BCUT2D eigenvalue weighted by molar-refractivity contribution is 9.10. The Bertz CT molecular complexity index is 447. The Kier molecular flexibility index (Phi) is 5.39. The number of rotatable bonds is 5. The number of hydrogen-bond acceptors (Lipinski definition) is 2. The third-order valence-corrected chi connectivity index (χ3v) is 5.14. The fraction of sp³-hybridized carbons (Fsp3) is 0.643. The first-order valence-corrected chi connectivity index (χ1v) is 8.91. The van der Waals surface area contributed by atoms with Crippen molar-refractivity contribution in [3.63, 3.8) is 0 Å². The standard InChI is InChI=1S/C14H21BrN2OS/c1-3-6-17-9-10(15)7-13(17)14(18)16-11-4-5-12(8-11)19-2/h7,9,11-12H,3-6,8H2,1-2H3,(H,16,18). The van der Waals surface area contributed by atoms with Crippen molar-refractivity contribution in [2.75, 3.05) is 6.26 Å². The average Bonchev–Trinajstić information content (AvgIpc) is 2.96. The minimum atomic E-state index is 0.0610. The first kappa shape index (κ1) is 15.0. The maximum atomic E-state index is 12.3. The number of halogens is 1. The highest BCUT2D eigenvalue weighted by atomic mass is 79.9. The third-order valence-electron chi connectivity index (χ3n) is 3.61. The number of thioether (sulfide) groups is 1. The molecule has 2 rings (SSSR count). The molecule has 2 unspecified atom stereocenters. The summed E-state index contributed by atoms with van der Waals surface area (Å²) in [7, 11) is 0. The van der Waals surface area contributed by atoms with Crippen molar-refractivity contribution in [2.24, 2.45) is 0 Å². The molecule has 1 N–H and O–H groups in total. The van der Waals surface area contributed by atoms with Gasteiger partial charge in [0.2, 0.25) is 0 Å². The molecule has 0 saturated heterocycles. The summed E-state index contributed by atoms with van der Waals surface area (Å²) in [6.45, 7) is 3.00. The molecule has 3 nitrogen and oxygen atoms in total. The van der Waals surface area contributed by atoms with Gasteiger partial charge < -0.3 is 9.88 Å². The maximum Gasteiger partial charge on any atom is 0.268 e. The largest absolute Gasteiger partial charge is 0.348 e. The lowest BCUT2D eigenvalue weighted by atomic mass is 10.2. The van der Waals surface area contributed by atoms with E-state index in [1.54, 1.807) is 0 Å². The lowest BCUT2D eigenvalue weighted by molar-refractivity contribution is 0.0928. The molecule has 0 aromatic carbocycles. The first-order chi connectivity index (χ1) is 9.13. The summed E-state index contributed by atoms with van der Waals surface area (Å²) < 4.78 is 3.00. The number of nitrogens with one attached hydrogen (secondary N) is 1. The summed E-state index contributed by atoms with van der Waals surface area (Å²) in [5, 5.41) is 3.89. The molecule has 106 valence electrons. The van der Waals surface area contributed by atoms with E-state index in [2.05, 4.69) is 34.4 Å². The molecule has 1 aliphatic rings. The Morgan fingerprint density at radius 2 is 2.37 bits per heavy atom. The van der Waals surface area contributed by atoms with E-state index in [0.29, 0.717) is 11.3 Å². The van der Waals surface area contributed by atoms with Crippen LogP contribution in [-0.2, 0) is 6.54 Å². The maximum absolute atomic E-state index is 12.3. The summed E-state index contributed by atoms with van der Waals surface area (Å²) in [6.07, 6.45) is 8.58. The van der Waals surface area contributed by atoms with Crippen LogP contribution in [0.2, 0.25) is 0 Å². The molecule has 0 aliphatic heterocycles. The van der Waals surface area contributed by atoms with Crippen molar-refractivity contribution in [3.8, 4) is 0 Å². The number of amides is 1. The molecule has 0 radical (unpaired) electrons. The van der Waals surface area contributed by atoms with Crippen LogP contribution in [0.4, 0.5) is 0 Å². The van der Waals surface area contributed by atoms with Crippen LogP contribution < -0.4 is 5.32 Å². The smallest absolute Gasteiger partial charge is 0.268 e. The number of carbonyl (C=O) groups is 1. The van der Waals surface area contributed by atoms with Crippen molar-refractivity contribution in [2.45, 2.75) is 50.4 Å². The molecule has 1 fully saturated rings. The predicted octanol–water partition coefficient (Wildman–Crippen LogP) is 3.67. The van der Waals surface area contributed by atoms with Crippen molar-refractivity contribution in [1.82, 2.24) is 9.88 Å². The Balaban J connectivity index is 2.00. The van der Waals surface area contributed by atoms with Gasteiger partial charge in [-0.3, -0.25) is 4.79 Å². The van der Waals surface area contributed by atoms with E-state index in [-0.39, 0.29) is 5.91 Å². The van der Waals surface area contributed by atoms with Crippen LogP contribution in [-0.4, -0.2) is 28.0 Å². The second-order valence-corrected chi connectivity index (χ2v) is 7.13. The van der Waals surface area contributed by atoms with Crippen molar-refractivity contribution >= 4 is 33.6 Å². The van der Waals surface area contributed by atoms with Gasteiger partial charge in [-0.15, -0.1) is 0 Å². The van der Waals surface area contributed by atoms with E-state index in [1.165, 1.54) is 6.42 Å². The topological polar surface area (TPSA) is 34.0 Å². The van der Waals surface area contributed by atoms with Gasteiger partial charge in [0, 0.05) is 28.5 Å². The fourth-order valence-electron chi connectivity index (χ4n) is 2.64. The Morgan fingerprint density at radius 1 is 1.58 bits per heavy atom. The van der Waals surface area contributed by atoms with E-state index < -0.39 is 0 Å². The summed E-state index contributed by atoms with van der Waals surface area (Å²) in [5.41, 5.74) is 0.765. The summed E-state index contributed by atoms with van der Waals surface area (Å²) in [4.78, 5) is 12.3. The van der Waals surface area contributed by atoms with Gasteiger partial charge >= 0.3 is 0 Å². The lowest BCUT2D eigenvalue weighted by Gasteiger charge is -2.14. The quantitative estimate of drug-likeness (QED) is 0.883. The molecule has 5 heteroatoms. The number of aryl methyl sites for hydroxylation is 1. The third kappa shape index (κ3) is 3.78. The lowest BCUT2D eigenvalue weighted by Crippen LogP contribution is -2.34. The Hall–Kier alpha value is -0.420. The van der Waals surface area contributed by atoms with E-state index in [0.717, 1.165) is 36.0 Å². The second kappa shape index (κ2) is 6.84. The van der Waals surface area contributed by atoms with E-state index in [1.807, 2.05) is 28.6 Å². The Morgan fingerprint density at radius 3 is 3.00 bits per heavy atom. The van der Waals surface area contributed by atoms with Gasteiger partial charge in [-0.2, -0.15) is 11.8 Å². The number of nitrogens with zero attached hydrogens (tertiary/aromatic N) is 1. The van der Waals surface area contributed by atoms with Gasteiger partial charge in [-0.1, -0.05) is 6.92 Å². The number of carbonyl (C=O) groups excluding carboxylic acids is 1. The minimum Gasteiger partial charge on any atom is -0.348 e. The van der Waals surface area contributed by atoms with Gasteiger partial charge in [0.05, 0.1) is 0 Å². The molecule has 19 heavy (non-hydrogen) atoms. The molecular formula is C14H21BrN2OS. The Labute approximate surface area is 127 Å². The van der Waals surface area contributed by atoms with Crippen LogP contribution in [0, 0.1) is 0 Å². The van der Waals surface area contributed by atoms with Gasteiger partial charge in [0.15, 0.2) is 0 Å². The second-order valence-electron chi connectivity index (χ2n) is 5.08. The van der Waals surface area contributed by atoms with Crippen LogP contribution in [0.15, 0.2) is 16.7 Å². The normalized spacial score (nSPS) is 22.7. The van der Waals surface area contributed by atoms with Crippen molar-refractivity contribution < 1.29 is 4.79 Å². The van der Waals surface area contributed by atoms with Crippen LogP contribution in [0.5, 0.6) is 0 Å². The molecule has 1 aromatic heterocycles. The fourth-order valence-corrected chi connectivity index (χ4v) is 3.90. The van der Waals surface area contributed by atoms with Gasteiger partial charge in [0.1, 0.15) is 5.69 Å². The molecule has 1 saturated carbocycles. The molecular weight excluding hydrogens is 324 g/mol. The van der Waals surface area contributed by atoms with E-state index in [9.17, 15) is 4.79 Å². The van der Waals surface area contributed by atoms with Crippen molar-refractivity contribution in [3.05, 3.63) is 22.4 Å². The summed E-state index contributed by atoms with van der Waals surface area (Å²) in [5.74, 6) is 0.0610. The molecule has 1 aromatic rings. The SMILES string of the molecule is CCCn1cc(Br)cc1C(=O)NC1CCC(SC)C1. The molecule has 1 amide bonds. The molecule has 1 aliphatic carbocycles. The number of aromatic nitrogens is 1. The van der Waals surface area contributed by atoms with Gasteiger partial charge in [-0.25, -0.2) is 0 Å². The zero-order valence-electron chi connectivity index (χ0n) is 11.5. The van der Waals surface area contributed by atoms with Gasteiger partial charge in [0.25, 0.3) is 5.91 Å². The summed E-state index contributed by atoms with van der Waals surface area (Å²) in [6, 6.07) is 2.25. The van der Waals surface area contributed by atoms with Crippen LogP contribution >= 0.6 is 27.7 Å². The zero-order valence-corrected chi connectivity index (χ0v) is 13.9. The molecule has 0 spiro atoms. The highest BCUT2D eigenvalue weighted by Gasteiger charge is 2.26. The minimum absolute atomic E-state index is 0.0610. The molecule has 2 atom stereocenters.